The van der Waals surface area contributed by atoms with Crippen molar-refractivity contribution in [1.82, 2.24) is 19.3 Å². The Labute approximate surface area is 195 Å². The highest BCUT2D eigenvalue weighted by molar-refractivity contribution is 7.99. The maximum absolute atomic E-state index is 12.7. The van der Waals surface area contributed by atoms with Crippen molar-refractivity contribution in [3.8, 4) is 0 Å². The first-order chi connectivity index (χ1) is 15.4. The van der Waals surface area contributed by atoms with Crippen LogP contribution < -0.4 is 5.32 Å². The summed E-state index contributed by atoms with van der Waals surface area (Å²) in [6.45, 7) is 2.21. The second kappa shape index (κ2) is 9.50. The van der Waals surface area contributed by atoms with E-state index in [-0.39, 0.29) is 11.7 Å². The lowest BCUT2D eigenvalue weighted by Gasteiger charge is -2.18. The number of thiophene rings is 1. The molecule has 0 saturated carbocycles. The summed E-state index contributed by atoms with van der Waals surface area (Å²) < 4.78 is 8.96. The fraction of sp³-hybridized carbons (Fsp3) is 0.455. The third kappa shape index (κ3) is 4.61. The third-order valence-corrected chi connectivity index (χ3v) is 7.99. The number of esters is 1. The van der Waals surface area contributed by atoms with Crippen LogP contribution in [0.5, 0.6) is 0 Å². The van der Waals surface area contributed by atoms with E-state index in [0.29, 0.717) is 28.1 Å². The molecular formula is C22H27N5O3S2. The molecule has 1 amide bonds. The van der Waals surface area contributed by atoms with Crippen LogP contribution in [0.3, 0.4) is 0 Å². The molecule has 0 saturated heterocycles. The molecule has 0 aliphatic heterocycles. The Kier molecular flexibility index (Phi) is 6.71. The second-order valence-corrected chi connectivity index (χ2v) is 10.2. The number of nitrogens with zero attached hydrogens (tertiary/aromatic N) is 4. The molecule has 3 aromatic heterocycles. The van der Waals surface area contributed by atoms with Crippen molar-refractivity contribution in [1.29, 1.82) is 0 Å². The van der Waals surface area contributed by atoms with Crippen LogP contribution in [0.15, 0.2) is 23.5 Å². The lowest BCUT2D eigenvalue weighted by atomic mass is 9.88. The number of rotatable bonds is 7. The highest BCUT2D eigenvalue weighted by atomic mass is 32.2. The molecule has 1 aliphatic rings. The molecule has 170 valence electrons. The summed E-state index contributed by atoms with van der Waals surface area (Å²) in [5, 5.41) is 12.7. The minimum atomic E-state index is -0.390. The largest absolute Gasteiger partial charge is 0.465 e. The van der Waals surface area contributed by atoms with E-state index >= 15 is 0 Å². The highest BCUT2D eigenvalue weighted by Gasteiger charge is 2.29. The van der Waals surface area contributed by atoms with Crippen LogP contribution in [0.25, 0.3) is 0 Å². The molecular weight excluding hydrogens is 446 g/mol. The Morgan fingerprint density at radius 1 is 1.34 bits per heavy atom. The number of methoxy groups -OCH3 is 1. The molecule has 3 heterocycles. The van der Waals surface area contributed by atoms with Crippen molar-refractivity contribution in [2.75, 3.05) is 18.2 Å². The summed E-state index contributed by atoms with van der Waals surface area (Å²) in [5.41, 5.74) is 2.68. The van der Waals surface area contributed by atoms with E-state index in [1.54, 1.807) is 0 Å². The van der Waals surface area contributed by atoms with Crippen LogP contribution in [0.2, 0.25) is 0 Å². The quantitative estimate of drug-likeness (QED) is 0.418. The summed E-state index contributed by atoms with van der Waals surface area (Å²) in [5.74, 6) is 1.02. The van der Waals surface area contributed by atoms with Gasteiger partial charge in [0.15, 0.2) is 5.16 Å². The zero-order valence-electron chi connectivity index (χ0n) is 18.7. The zero-order chi connectivity index (χ0) is 22.8. The van der Waals surface area contributed by atoms with Gasteiger partial charge in [-0.25, -0.2) is 4.79 Å². The minimum absolute atomic E-state index is 0.176. The molecule has 1 atom stereocenters. The van der Waals surface area contributed by atoms with Gasteiger partial charge in [-0.3, -0.25) is 4.79 Å². The number of aromatic nitrogens is 4. The Morgan fingerprint density at radius 3 is 2.88 bits per heavy atom. The average Bonchev–Trinajstić information content (AvgIpc) is 3.43. The number of fused-ring (bicyclic) bond motifs is 1. The van der Waals surface area contributed by atoms with Gasteiger partial charge in [0, 0.05) is 37.3 Å². The molecule has 8 nitrogen and oxygen atoms in total. The van der Waals surface area contributed by atoms with E-state index in [9.17, 15) is 9.59 Å². The predicted octanol–water partition coefficient (Wildman–Crippen LogP) is 3.45. The zero-order valence-corrected chi connectivity index (χ0v) is 20.3. The molecule has 4 rings (SSSR count). The Balaban J connectivity index is 1.43. The molecule has 1 N–H and O–H groups in total. The standard InChI is InChI=1S/C22H27N5O3S2/c1-13-7-8-15-16(10-13)32-20(19(15)21(29)30-4)23-18(28)12-31-22-25-24-17(27(22)3)11-14-6-5-9-26(14)2/h5-6,9,13H,7-8,10-12H2,1-4H3,(H,23,28). The number of thioether (sulfide) groups is 1. The summed E-state index contributed by atoms with van der Waals surface area (Å²) in [7, 11) is 5.28. The fourth-order valence-corrected chi connectivity index (χ4v) is 6.06. The Morgan fingerprint density at radius 2 is 2.16 bits per heavy atom. The van der Waals surface area contributed by atoms with E-state index in [1.165, 1.54) is 35.1 Å². The number of amides is 1. The van der Waals surface area contributed by atoms with Crippen LogP contribution >= 0.6 is 23.1 Å². The van der Waals surface area contributed by atoms with Crippen molar-refractivity contribution < 1.29 is 14.3 Å². The van der Waals surface area contributed by atoms with Gasteiger partial charge in [-0.15, -0.1) is 21.5 Å². The molecule has 3 aromatic rings. The van der Waals surface area contributed by atoms with Gasteiger partial charge in [-0.1, -0.05) is 18.7 Å². The van der Waals surface area contributed by atoms with Crippen molar-refractivity contribution in [3.63, 3.8) is 0 Å². The summed E-state index contributed by atoms with van der Waals surface area (Å²) in [6.07, 6.45) is 5.47. The molecule has 1 unspecified atom stereocenters. The van der Waals surface area contributed by atoms with Gasteiger partial charge in [0.05, 0.1) is 18.4 Å². The molecule has 0 fully saturated rings. The van der Waals surface area contributed by atoms with Gasteiger partial charge in [-0.2, -0.15) is 0 Å². The molecule has 0 aromatic carbocycles. The number of carbonyl (C=O) groups excluding carboxylic acids is 2. The number of aryl methyl sites for hydroxylation is 1. The van der Waals surface area contributed by atoms with Gasteiger partial charge < -0.3 is 19.2 Å². The maximum atomic E-state index is 12.7. The van der Waals surface area contributed by atoms with Gasteiger partial charge in [-0.05, 0) is 42.9 Å². The summed E-state index contributed by atoms with van der Waals surface area (Å²) in [6, 6.07) is 4.05. The van der Waals surface area contributed by atoms with Gasteiger partial charge in [0.1, 0.15) is 10.8 Å². The predicted molar refractivity (Wildman–Crippen MR) is 125 cm³/mol. The first kappa shape index (κ1) is 22.6. The lowest BCUT2D eigenvalue weighted by Crippen LogP contribution is -2.17. The maximum Gasteiger partial charge on any atom is 0.341 e. The smallest absolute Gasteiger partial charge is 0.341 e. The highest BCUT2D eigenvalue weighted by Crippen LogP contribution is 2.40. The fourth-order valence-electron chi connectivity index (χ4n) is 3.92. The summed E-state index contributed by atoms with van der Waals surface area (Å²) >= 11 is 2.82. The third-order valence-electron chi connectivity index (χ3n) is 5.80. The number of nitrogens with one attached hydrogen (secondary N) is 1. The van der Waals surface area contributed by atoms with Crippen LogP contribution in [0, 0.1) is 5.92 Å². The average molecular weight is 474 g/mol. The number of carbonyl (C=O) groups is 2. The monoisotopic (exact) mass is 473 g/mol. The number of hydrogen-bond acceptors (Lipinski definition) is 7. The lowest BCUT2D eigenvalue weighted by molar-refractivity contribution is -0.113. The van der Waals surface area contributed by atoms with E-state index in [4.69, 9.17) is 4.74 Å². The normalized spacial score (nSPS) is 15.4. The Bertz CT molecular complexity index is 1150. The van der Waals surface area contributed by atoms with E-state index in [0.717, 1.165) is 36.3 Å². The number of hydrogen-bond donors (Lipinski definition) is 1. The molecule has 0 spiro atoms. The first-order valence-corrected chi connectivity index (χ1v) is 12.3. The van der Waals surface area contributed by atoms with Crippen molar-refractivity contribution >= 4 is 40.0 Å². The molecule has 10 heteroatoms. The molecule has 0 radical (unpaired) electrons. The molecule has 32 heavy (non-hydrogen) atoms. The van der Waals surface area contributed by atoms with Crippen molar-refractivity contribution in [2.45, 2.75) is 37.8 Å². The van der Waals surface area contributed by atoms with Crippen LogP contribution in [-0.4, -0.2) is 44.1 Å². The first-order valence-electron chi connectivity index (χ1n) is 10.5. The molecule has 0 bridgehead atoms. The van der Waals surface area contributed by atoms with Crippen LogP contribution in [0.1, 0.15) is 45.7 Å². The van der Waals surface area contributed by atoms with Gasteiger partial charge in [0.2, 0.25) is 5.91 Å². The minimum Gasteiger partial charge on any atom is -0.465 e. The number of ether oxygens (including phenoxy) is 1. The topological polar surface area (TPSA) is 91.0 Å². The van der Waals surface area contributed by atoms with Gasteiger partial charge >= 0.3 is 5.97 Å². The van der Waals surface area contributed by atoms with E-state index in [2.05, 4.69) is 33.1 Å². The van der Waals surface area contributed by atoms with E-state index < -0.39 is 5.97 Å². The van der Waals surface area contributed by atoms with Gasteiger partial charge in [0.25, 0.3) is 0 Å². The van der Waals surface area contributed by atoms with Crippen LogP contribution in [-0.2, 0) is 42.9 Å². The second-order valence-electron chi connectivity index (χ2n) is 8.13. The molecule has 1 aliphatic carbocycles. The summed E-state index contributed by atoms with van der Waals surface area (Å²) in [4.78, 5) is 26.3. The van der Waals surface area contributed by atoms with Crippen LogP contribution in [0.4, 0.5) is 5.00 Å². The van der Waals surface area contributed by atoms with Crippen molar-refractivity contribution in [3.05, 3.63) is 45.9 Å². The SMILES string of the molecule is COC(=O)c1c(NC(=O)CSc2nnc(Cc3cccn3C)n2C)sc2c1CCC(C)C2. The van der Waals surface area contributed by atoms with Crippen molar-refractivity contribution in [2.24, 2.45) is 20.0 Å². The van der Waals surface area contributed by atoms with E-state index in [1.807, 2.05) is 30.9 Å². The Hall–Kier alpha value is -2.59. The number of anilines is 1.